The summed E-state index contributed by atoms with van der Waals surface area (Å²) in [4.78, 5) is 18.5. The second-order valence-corrected chi connectivity index (χ2v) is 7.51. The Morgan fingerprint density at radius 1 is 1.23 bits per heavy atom. The van der Waals surface area contributed by atoms with Gasteiger partial charge in [-0.15, -0.1) is 0 Å². The van der Waals surface area contributed by atoms with E-state index < -0.39 is 0 Å². The summed E-state index contributed by atoms with van der Waals surface area (Å²) >= 11 is 0. The van der Waals surface area contributed by atoms with Crippen LogP contribution >= 0.6 is 0 Å². The van der Waals surface area contributed by atoms with E-state index in [1.807, 2.05) is 35.2 Å². The second-order valence-electron chi connectivity index (χ2n) is 7.51. The first-order valence-electron chi connectivity index (χ1n) is 10.6. The van der Waals surface area contributed by atoms with Crippen molar-refractivity contribution in [3.63, 3.8) is 0 Å². The standard InChI is InChI=1S/C23H32N4O3/c1-24-23(25-11-6-13-29-18-21-9-5-14-30-21)26-16-20-15-22(28)27(17-20)12-10-19-7-3-2-4-8-19/h2-5,7-9,14,20H,6,10-13,15-18H2,1H3,(H2,24,25,26). The van der Waals surface area contributed by atoms with Crippen LogP contribution in [-0.2, 0) is 22.6 Å². The summed E-state index contributed by atoms with van der Waals surface area (Å²) in [6.45, 7) is 4.24. The first-order valence-corrected chi connectivity index (χ1v) is 10.6. The first kappa shape index (κ1) is 21.9. The monoisotopic (exact) mass is 412 g/mol. The normalized spacial score (nSPS) is 16.8. The fourth-order valence-electron chi connectivity index (χ4n) is 3.53. The Morgan fingerprint density at radius 2 is 2.10 bits per heavy atom. The number of guanidine groups is 1. The molecule has 3 rings (SSSR count). The van der Waals surface area contributed by atoms with E-state index in [1.165, 1.54) is 5.56 Å². The lowest BCUT2D eigenvalue weighted by Gasteiger charge is -2.18. The molecule has 0 saturated carbocycles. The number of ether oxygens (including phenoxy) is 1. The predicted octanol–water partition coefficient (Wildman–Crippen LogP) is 2.44. The predicted molar refractivity (Wildman–Crippen MR) is 117 cm³/mol. The lowest BCUT2D eigenvalue weighted by Crippen LogP contribution is -2.40. The lowest BCUT2D eigenvalue weighted by atomic mass is 10.1. The summed E-state index contributed by atoms with van der Waals surface area (Å²) < 4.78 is 10.8. The maximum absolute atomic E-state index is 12.3. The van der Waals surface area contributed by atoms with Gasteiger partial charge in [-0.3, -0.25) is 9.79 Å². The number of nitrogens with zero attached hydrogens (tertiary/aromatic N) is 2. The number of carbonyl (C=O) groups excluding carboxylic acids is 1. The van der Waals surface area contributed by atoms with Gasteiger partial charge in [-0.25, -0.2) is 0 Å². The Labute approximate surface area is 178 Å². The molecule has 7 nitrogen and oxygen atoms in total. The number of likely N-dealkylation sites (tertiary alicyclic amines) is 1. The molecule has 0 radical (unpaired) electrons. The van der Waals surface area contributed by atoms with E-state index in [1.54, 1.807) is 13.3 Å². The van der Waals surface area contributed by atoms with Crippen molar-refractivity contribution in [3.8, 4) is 0 Å². The zero-order valence-electron chi connectivity index (χ0n) is 17.7. The Balaban J connectivity index is 1.27. The highest BCUT2D eigenvalue weighted by atomic mass is 16.5. The molecule has 0 bridgehead atoms. The van der Waals surface area contributed by atoms with E-state index >= 15 is 0 Å². The SMILES string of the molecule is CN=C(NCCCOCc1ccco1)NCC1CC(=O)N(CCc2ccccc2)C1. The average molecular weight is 413 g/mol. The minimum atomic E-state index is 0.245. The lowest BCUT2D eigenvalue weighted by molar-refractivity contribution is -0.127. The van der Waals surface area contributed by atoms with Gasteiger partial charge in [-0.1, -0.05) is 30.3 Å². The van der Waals surface area contributed by atoms with Gasteiger partial charge in [0.05, 0.1) is 6.26 Å². The van der Waals surface area contributed by atoms with Gasteiger partial charge in [-0.05, 0) is 30.5 Å². The molecule has 1 aliphatic rings. The molecule has 1 atom stereocenters. The Morgan fingerprint density at radius 3 is 2.87 bits per heavy atom. The number of hydrogen-bond acceptors (Lipinski definition) is 4. The van der Waals surface area contributed by atoms with Crippen LogP contribution < -0.4 is 10.6 Å². The third kappa shape index (κ3) is 7.22. The third-order valence-corrected chi connectivity index (χ3v) is 5.17. The molecule has 162 valence electrons. The Bertz CT molecular complexity index is 777. The number of hydrogen-bond donors (Lipinski definition) is 2. The van der Waals surface area contributed by atoms with E-state index in [9.17, 15) is 4.79 Å². The maximum atomic E-state index is 12.3. The molecule has 2 N–H and O–H groups in total. The quantitative estimate of drug-likeness (QED) is 0.337. The molecule has 2 heterocycles. The number of nitrogens with one attached hydrogen (secondary N) is 2. The van der Waals surface area contributed by atoms with Gasteiger partial charge in [0.15, 0.2) is 5.96 Å². The summed E-state index contributed by atoms with van der Waals surface area (Å²) in [7, 11) is 1.76. The smallest absolute Gasteiger partial charge is 0.223 e. The van der Waals surface area contributed by atoms with Crippen LogP contribution in [0.2, 0.25) is 0 Å². The van der Waals surface area contributed by atoms with Crippen molar-refractivity contribution in [3.05, 3.63) is 60.1 Å². The van der Waals surface area contributed by atoms with Crippen LogP contribution in [0.5, 0.6) is 0 Å². The molecule has 0 spiro atoms. The van der Waals surface area contributed by atoms with Crippen molar-refractivity contribution in [2.75, 3.05) is 39.8 Å². The number of furan rings is 1. The Hall–Kier alpha value is -2.80. The van der Waals surface area contributed by atoms with Gasteiger partial charge in [0.25, 0.3) is 0 Å². The van der Waals surface area contributed by atoms with Crippen molar-refractivity contribution in [2.45, 2.75) is 25.9 Å². The van der Waals surface area contributed by atoms with Gasteiger partial charge in [0, 0.05) is 52.2 Å². The molecule has 1 aromatic heterocycles. The van der Waals surface area contributed by atoms with Crippen molar-refractivity contribution >= 4 is 11.9 Å². The molecular weight excluding hydrogens is 380 g/mol. The van der Waals surface area contributed by atoms with Crippen molar-refractivity contribution < 1.29 is 13.9 Å². The van der Waals surface area contributed by atoms with Gasteiger partial charge in [0.2, 0.25) is 5.91 Å². The third-order valence-electron chi connectivity index (χ3n) is 5.17. The first-order chi connectivity index (χ1) is 14.7. The zero-order valence-corrected chi connectivity index (χ0v) is 17.7. The van der Waals surface area contributed by atoms with E-state index in [4.69, 9.17) is 9.15 Å². The van der Waals surface area contributed by atoms with Crippen LogP contribution in [0.3, 0.4) is 0 Å². The summed E-state index contributed by atoms with van der Waals surface area (Å²) in [5, 5.41) is 6.64. The highest BCUT2D eigenvalue weighted by Gasteiger charge is 2.29. The number of carbonyl (C=O) groups is 1. The topological polar surface area (TPSA) is 79.1 Å². The fourth-order valence-corrected chi connectivity index (χ4v) is 3.53. The molecule has 1 unspecified atom stereocenters. The van der Waals surface area contributed by atoms with Gasteiger partial charge in [0.1, 0.15) is 12.4 Å². The molecule has 7 heteroatoms. The van der Waals surface area contributed by atoms with Gasteiger partial charge in [-0.2, -0.15) is 0 Å². The van der Waals surface area contributed by atoms with Crippen LogP contribution in [0, 0.1) is 5.92 Å². The minimum Gasteiger partial charge on any atom is -0.467 e. The summed E-state index contributed by atoms with van der Waals surface area (Å²) in [5.41, 5.74) is 1.27. The fraction of sp³-hybridized carbons (Fsp3) is 0.478. The van der Waals surface area contributed by atoms with E-state index in [2.05, 4.69) is 27.8 Å². The minimum absolute atomic E-state index is 0.245. The van der Waals surface area contributed by atoms with Crippen LogP contribution in [0.15, 0.2) is 58.1 Å². The Kier molecular flexibility index (Phi) is 8.78. The van der Waals surface area contributed by atoms with Crippen molar-refractivity contribution in [1.29, 1.82) is 0 Å². The number of benzene rings is 1. The van der Waals surface area contributed by atoms with Crippen molar-refractivity contribution in [2.24, 2.45) is 10.9 Å². The highest BCUT2D eigenvalue weighted by Crippen LogP contribution is 2.17. The highest BCUT2D eigenvalue weighted by molar-refractivity contribution is 5.80. The molecule has 0 aliphatic carbocycles. The van der Waals surface area contributed by atoms with E-state index in [0.717, 1.165) is 50.7 Å². The molecular formula is C23H32N4O3. The molecule has 1 amide bonds. The zero-order chi connectivity index (χ0) is 21.0. The van der Waals surface area contributed by atoms with E-state index in [-0.39, 0.29) is 5.91 Å². The average Bonchev–Trinajstić information content (AvgIpc) is 3.41. The largest absolute Gasteiger partial charge is 0.467 e. The van der Waals surface area contributed by atoms with Crippen molar-refractivity contribution in [1.82, 2.24) is 15.5 Å². The second kappa shape index (κ2) is 12.0. The molecule has 1 saturated heterocycles. The van der Waals surface area contributed by atoms with Crippen LogP contribution in [0.25, 0.3) is 0 Å². The molecule has 30 heavy (non-hydrogen) atoms. The van der Waals surface area contributed by atoms with Gasteiger partial charge < -0.3 is 24.7 Å². The molecule has 2 aromatic rings. The van der Waals surface area contributed by atoms with Gasteiger partial charge >= 0.3 is 0 Å². The molecule has 1 fully saturated rings. The number of aliphatic imine (C=N–C) groups is 1. The molecule has 1 aromatic carbocycles. The molecule has 1 aliphatic heterocycles. The number of rotatable bonds is 11. The summed E-state index contributed by atoms with van der Waals surface area (Å²) in [6.07, 6.45) is 4.02. The summed E-state index contributed by atoms with van der Waals surface area (Å²) in [5.74, 6) is 2.15. The summed E-state index contributed by atoms with van der Waals surface area (Å²) in [6, 6.07) is 14.1. The van der Waals surface area contributed by atoms with Crippen LogP contribution in [0.1, 0.15) is 24.2 Å². The maximum Gasteiger partial charge on any atom is 0.223 e. The number of amides is 1. The van der Waals surface area contributed by atoms with Crippen LogP contribution in [0.4, 0.5) is 0 Å². The van der Waals surface area contributed by atoms with Crippen LogP contribution in [-0.4, -0.2) is 56.6 Å². The van der Waals surface area contributed by atoms with E-state index in [0.29, 0.717) is 25.6 Å².